The summed E-state index contributed by atoms with van der Waals surface area (Å²) in [5.41, 5.74) is 6.71. The molecule has 1 aliphatic rings. The molecule has 0 aliphatic carbocycles. The second-order valence-electron chi connectivity index (χ2n) is 5.31. The topological polar surface area (TPSA) is 55.6 Å². The van der Waals surface area contributed by atoms with Gasteiger partial charge in [-0.2, -0.15) is 0 Å². The van der Waals surface area contributed by atoms with Crippen molar-refractivity contribution in [3.05, 3.63) is 29.8 Å². The molecule has 0 atom stereocenters. The maximum Gasteiger partial charge on any atom is 0.226 e. The van der Waals surface area contributed by atoms with Crippen LogP contribution in [-0.2, 0) is 11.2 Å². The Morgan fingerprint density at radius 3 is 2.50 bits per heavy atom. The molecule has 0 bridgehead atoms. The molecule has 4 heteroatoms. The molecule has 0 unspecified atom stereocenters. The zero-order valence-corrected chi connectivity index (χ0v) is 12.2. The van der Waals surface area contributed by atoms with Crippen LogP contribution in [0.15, 0.2) is 24.3 Å². The minimum absolute atomic E-state index is 0.213. The molecule has 2 N–H and O–H groups in total. The minimum Gasteiger partial charge on any atom is -0.494 e. The third kappa shape index (κ3) is 3.97. The van der Waals surface area contributed by atoms with Crippen LogP contribution in [0.3, 0.4) is 0 Å². The predicted molar refractivity (Wildman–Crippen MR) is 79.7 cm³/mol. The molecule has 1 heterocycles. The molecule has 1 aliphatic heterocycles. The van der Waals surface area contributed by atoms with Gasteiger partial charge in [0.15, 0.2) is 0 Å². The molecule has 2 rings (SSSR count). The van der Waals surface area contributed by atoms with Crippen LogP contribution in [0.1, 0.15) is 25.3 Å². The van der Waals surface area contributed by atoms with E-state index >= 15 is 0 Å². The Bertz CT molecular complexity index is 423. The number of hydrogen-bond donors (Lipinski definition) is 1. The lowest BCUT2D eigenvalue weighted by Gasteiger charge is -2.31. The van der Waals surface area contributed by atoms with Crippen LogP contribution in [0.25, 0.3) is 0 Å². The van der Waals surface area contributed by atoms with Gasteiger partial charge in [0, 0.05) is 13.1 Å². The van der Waals surface area contributed by atoms with Crippen LogP contribution in [0.5, 0.6) is 5.75 Å². The summed E-state index contributed by atoms with van der Waals surface area (Å²) in [5.74, 6) is 1.65. The first-order chi connectivity index (χ1) is 9.72. The van der Waals surface area contributed by atoms with Crippen LogP contribution in [0, 0.1) is 5.92 Å². The molecular formula is C16H24N2O2. The van der Waals surface area contributed by atoms with Crippen LogP contribution >= 0.6 is 0 Å². The number of carbonyl (C=O) groups is 1. The Balaban J connectivity index is 1.85. The van der Waals surface area contributed by atoms with E-state index < -0.39 is 0 Å². The highest BCUT2D eigenvalue weighted by atomic mass is 16.5. The van der Waals surface area contributed by atoms with E-state index in [0.29, 0.717) is 18.9 Å². The molecule has 4 nitrogen and oxygen atoms in total. The average Bonchev–Trinajstić information content (AvgIpc) is 2.49. The Morgan fingerprint density at radius 2 is 1.95 bits per heavy atom. The molecule has 0 saturated carbocycles. The van der Waals surface area contributed by atoms with Gasteiger partial charge in [-0.1, -0.05) is 12.1 Å². The van der Waals surface area contributed by atoms with Gasteiger partial charge in [0.25, 0.3) is 0 Å². The number of likely N-dealkylation sites (tertiary alicyclic amines) is 1. The molecule has 1 saturated heterocycles. The van der Waals surface area contributed by atoms with Gasteiger partial charge in [-0.05, 0) is 49.9 Å². The van der Waals surface area contributed by atoms with E-state index in [9.17, 15) is 4.79 Å². The van der Waals surface area contributed by atoms with E-state index in [4.69, 9.17) is 10.5 Å². The van der Waals surface area contributed by atoms with Crippen molar-refractivity contribution >= 4 is 5.91 Å². The number of nitrogens with zero attached hydrogens (tertiary/aromatic N) is 1. The smallest absolute Gasteiger partial charge is 0.226 e. The molecule has 1 aromatic rings. The third-order valence-corrected chi connectivity index (χ3v) is 3.89. The van der Waals surface area contributed by atoms with Crippen molar-refractivity contribution in [2.45, 2.75) is 26.2 Å². The van der Waals surface area contributed by atoms with Crippen molar-refractivity contribution in [1.29, 1.82) is 0 Å². The summed E-state index contributed by atoms with van der Waals surface area (Å²) in [4.78, 5) is 14.2. The van der Waals surface area contributed by atoms with Gasteiger partial charge < -0.3 is 15.4 Å². The first-order valence-electron chi connectivity index (χ1n) is 7.42. The highest BCUT2D eigenvalue weighted by Gasteiger charge is 2.21. The van der Waals surface area contributed by atoms with Crippen molar-refractivity contribution in [1.82, 2.24) is 4.90 Å². The fraction of sp³-hybridized carbons (Fsp3) is 0.562. The van der Waals surface area contributed by atoms with Crippen LogP contribution in [0.4, 0.5) is 0 Å². The number of rotatable bonds is 5. The van der Waals surface area contributed by atoms with Crippen molar-refractivity contribution in [3.63, 3.8) is 0 Å². The summed E-state index contributed by atoms with van der Waals surface area (Å²) in [6.07, 6.45) is 2.54. The quantitative estimate of drug-likeness (QED) is 0.892. The van der Waals surface area contributed by atoms with Crippen molar-refractivity contribution < 1.29 is 9.53 Å². The van der Waals surface area contributed by atoms with Crippen molar-refractivity contribution in [2.24, 2.45) is 11.7 Å². The Kier molecular flexibility index (Phi) is 5.41. The highest BCUT2D eigenvalue weighted by molar-refractivity contribution is 5.78. The summed E-state index contributed by atoms with van der Waals surface area (Å²) < 4.78 is 5.40. The largest absolute Gasteiger partial charge is 0.494 e. The van der Waals surface area contributed by atoms with Gasteiger partial charge in [-0.3, -0.25) is 4.79 Å². The fourth-order valence-corrected chi connectivity index (χ4v) is 2.57. The number of amides is 1. The number of benzene rings is 1. The lowest BCUT2D eigenvalue weighted by Crippen LogP contribution is -2.40. The number of piperidine rings is 1. The number of nitrogens with two attached hydrogens (primary N) is 1. The molecular weight excluding hydrogens is 252 g/mol. The third-order valence-electron chi connectivity index (χ3n) is 3.89. The summed E-state index contributed by atoms with van der Waals surface area (Å²) in [7, 11) is 0. The van der Waals surface area contributed by atoms with E-state index in [0.717, 1.165) is 43.8 Å². The van der Waals surface area contributed by atoms with Gasteiger partial charge in [0.1, 0.15) is 5.75 Å². The zero-order valence-electron chi connectivity index (χ0n) is 12.2. The second kappa shape index (κ2) is 7.29. The number of ether oxygens (including phenoxy) is 1. The molecule has 20 heavy (non-hydrogen) atoms. The van der Waals surface area contributed by atoms with Crippen molar-refractivity contribution in [2.75, 3.05) is 26.2 Å². The maximum absolute atomic E-state index is 12.2. The SMILES string of the molecule is CCOc1ccc(CC(=O)N2CCC(CN)CC2)cc1. The van der Waals surface area contributed by atoms with E-state index in [1.54, 1.807) is 0 Å². The van der Waals surface area contributed by atoms with E-state index in [1.165, 1.54) is 0 Å². The van der Waals surface area contributed by atoms with Crippen molar-refractivity contribution in [3.8, 4) is 5.75 Å². The number of carbonyl (C=O) groups excluding carboxylic acids is 1. The Morgan fingerprint density at radius 1 is 1.30 bits per heavy atom. The standard InChI is InChI=1S/C16H24N2O2/c1-2-20-15-5-3-13(4-6-15)11-16(19)18-9-7-14(12-17)8-10-18/h3-6,14H,2,7-12,17H2,1H3. The fourth-order valence-electron chi connectivity index (χ4n) is 2.57. The average molecular weight is 276 g/mol. The Hall–Kier alpha value is -1.55. The minimum atomic E-state index is 0.213. The normalized spacial score (nSPS) is 16.2. The van der Waals surface area contributed by atoms with Crippen LogP contribution < -0.4 is 10.5 Å². The maximum atomic E-state index is 12.2. The summed E-state index contributed by atoms with van der Waals surface area (Å²) in [6.45, 7) is 5.05. The van der Waals surface area contributed by atoms with E-state index in [2.05, 4.69) is 0 Å². The van der Waals surface area contributed by atoms with E-state index in [1.807, 2.05) is 36.1 Å². The molecule has 0 radical (unpaired) electrons. The molecule has 1 amide bonds. The zero-order chi connectivity index (χ0) is 14.4. The number of hydrogen-bond acceptors (Lipinski definition) is 3. The summed E-state index contributed by atoms with van der Waals surface area (Å²) in [5, 5.41) is 0. The van der Waals surface area contributed by atoms with Gasteiger partial charge in [0.05, 0.1) is 13.0 Å². The van der Waals surface area contributed by atoms with Gasteiger partial charge in [-0.25, -0.2) is 0 Å². The Labute approximate surface area is 120 Å². The van der Waals surface area contributed by atoms with Gasteiger partial charge in [0.2, 0.25) is 5.91 Å². The molecule has 0 aromatic heterocycles. The van der Waals surface area contributed by atoms with Gasteiger partial charge in [-0.15, -0.1) is 0 Å². The molecule has 110 valence electrons. The van der Waals surface area contributed by atoms with E-state index in [-0.39, 0.29) is 5.91 Å². The lowest BCUT2D eigenvalue weighted by molar-refractivity contribution is -0.131. The molecule has 0 spiro atoms. The van der Waals surface area contributed by atoms with Crippen LogP contribution in [0.2, 0.25) is 0 Å². The second-order valence-corrected chi connectivity index (χ2v) is 5.31. The molecule has 1 aromatic carbocycles. The summed E-state index contributed by atoms with van der Waals surface area (Å²) in [6, 6.07) is 7.78. The lowest BCUT2D eigenvalue weighted by atomic mass is 9.96. The highest BCUT2D eigenvalue weighted by Crippen LogP contribution is 2.18. The first kappa shape index (κ1) is 14.9. The van der Waals surface area contributed by atoms with Crippen LogP contribution in [-0.4, -0.2) is 37.0 Å². The van der Waals surface area contributed by atoms with Gasteiger partial charge >= 0.3 is 0 Å². The first-order valence-corrected chi connectivity index (χ1v) is 7.42. The summed E-state index contributed by atoms with van der Waals surface area (Å²) >= 11 is 0. The monoisotopic (exact) mass is 276 g/mol. The predicted octanol–water partition coefficient (Wildman–Crippen LogP) is 1.83. The molecule has 1 fully saturated rings.